The van der Waals surface area contributed by atoms with E-state index in [4.69, 9.17) is 0 Å². The molecular formula is C14H21NS. The molecule has 1 heterocycles. The van der Waals surface area contributed by atoms with Crippen molar-refractivity contribution in [3.63, 3.8) is 0 Å². The third kappa shape index (κ3) is 2.80. The lowest BCUT2D eigenvalue weighted by atomic mass is 9.96. The molecule has 2 unspecified atom stereocenters. The number of hydrogen-bond acceptors (Lipinski definition) is 2. The van der Waals surface area contributed by atoms with Gasteiger partial charge in [0.05, 0.1) is 0 Å². The molecule has 0 aliphatic carbocycles. The quantitative estimate of drug-likeness (QED) is 0.859. The van der Waals surface area contributed by atoms with E-state index in [1.54, 1.807) is 0 Å². The average molecular weight is 235 g/mol. The summed E-state index contributed by atoms with van der Waals surface area (Å²) in [5.74, 6) is 3.15. The number of hydrogen-bond donors (Lipinski definition) is 1. The van der Waals surface area contributed by atoms with E-state index in [-0.39, 0.29) is 0 Å². The van der Waals surface area contributed by atoms with Crippen molar-refractivity contribution in [2.24, 2.45) is 0 Å². The van der Waals surface area contributed by atoms with Crippen LogP contribution in [0.3, 0.4) is 0 Å². The fraction of sp³-hybridized carbons (Fsp3) is 0.571. The smallest absolute Gasteiger partial charge is 0.0412 e. The van der Waals surface area contributed by atoms with E-state index in [9.17, 15) is 0 Å². The van der Waals surface area contributed by atoms with Gasteiger partial charge in [-0.1, -0.05) is 38.1 Å². The van der Waals surface area contributed by atoms with Gasteiger partial charge in [-0.05, 0) is 23.5 Å². The van der Waals surface area contributed by atoms with Gasteiger partial charge in [-0.3, -0.25) is 0 Å². The molecule has 0 radical (unpaired) electrons. The van der Waals surface area contributed by atoms with Crippen LogP contribution in [0.2, 0.25) is 0 Å². The third-order valence-corrected chi connectivity index (χ3v) is 4.50. The molecule has 2 heteroatoms. The highest BCUT2D eigenvalue weighted by Crippen LogP contribution is 2.24. The van der Waals surface area contributed by atoms with Crippen molar-refractivity contribution in [1.82, 2.24) is 5.32 Å². The zero-order valence-electron chi connectivity index (χ0n) is 10.2. The van der Waals surface area contributed by atoms with E-state index in [1.807, 2.05) is 0 Å². The molecule has 0 saturated carbocycles. The van der Waals surface area contributed by atoms with Crippen LogP contribution < -0.4 is 5.32 Å². The normalized spacial score (nSPS) is 23.0. The first kappa shape index (κ1) is 12.0. The molecule has 88 valence electrons. The molecular weight excluding hydrogens is 214 g/mol. The fourth-order valence-corrected chi connectivity index (χ4v) is 3.05. The lowest BCUT2D eigenvalue weighted by Crippen LogP contribution is -2.30. The Morgan fingerprint density at radius 1 is 1.38 bits per heavy atom. The lowest BCUT2D eigenvalue weighted by Gasteiger charge is -2.24. The van der Waals surface area contributed by atoms with Gasteiger partial charge in [0, 0.05) is 24.1 Å². The fourth-order valence-electron chi connectivity index (χ4n) is 2.07. The summed E-state index contributed by atoms with van der Waals surface area (Å²) in [5, 5.41) is 3.58. The Kier molecular flexibility index (Phi) is 4.30. The van der Waals surface area contributed by atoms with Crippen molar-refractivity contribution in [3.05, 3.63) is 35.4 Å². The molecule has 1 fully saturated rings. The second-order valence-corrected chi connectivity index (χ2v) is 5.71. The Bertz CT molecular complexity index is 314. The lowest BCUT2D eigenvalue weighted by molar-refractivity contribution is 0.594. The first-order chi connectivity index (χ1) is 7.81. The Balaban J connectivity index is 2.06. The standard InChI is InChI=1S/C14H21NS/c1-3-11(2)12-4-6-13(7-5-12)14-10-16-9-8-15-14/h4-7,11,14-15H,3,8-10H2,1-2H3. The molecule has 0 aromatic heterocycles. The van der Waals surface area contributed by atoms with Gasteiger partial charge in [0.1, 0.15) is 0 Å². The number of thioether (sulfide) groups is 1. The molecule has 1 N–H and O–H groups in total. The highest BCUT2D eigenvalue weighted by atomic mass is 32.2. The highest BCUT2D eigenvalue weighted by Gasteiger charge is 2.14. The van der Waals surface area contributed by atoms with Gasteiger partial charge in [-0.15, -0.1) is 0 Å². The second-order valence-electron chi connectivity index (χ2n) is 4.56. The Hall–Kier alpha value is -0.470. The van der Waals surface area contributed by atoms with Gasteiger partial charge in [0.25, 0.3) is 0 Å². The van der Waals surface area contributed by atoms with Crippen LogP contribution in [0.25, 0.3) is 0 Å². The number of rotatable bonds is 3. The molecule has 16 heavy (non-hydrogen) atoms. The van der Waals surface area contributed by atoms with Crippen LogP contribution in [0, 0.1) is 0 Å². The minimum absolute atomic E-state index is 0.560. The molecule has 1 aliphatic heterocycles. The molecule has 1 saturated heterocycles. The van der Waals surface area contributed by atoms with E-state index in [0.29, 0.717) is 12.0 Å². The van der Waals surface area contributed by atoms with E-state index < -0.39 is 0 Å². The third-order valence-electron chi connectivity index (χ3n) is 3.44. The maximum absolute atomic E-state index is 3.58. The molecule has 0 spiro atoms. The van der Waals surface area contributed by atoms with Crippen molar-refractivity contribution in [2.75, 3.05) is 18.1 Å². The Morgan fingerprint density at radius 2 is 2.12 bits per heavy atom. The predicted octanol–water partition coefficient (Wildman–Crippen LogP) is 3.58. The molecule has 2 rings (SSSR count). The second kappa shape index (κ2) is 5.74. The summed E-state index contributed by atoms with van der Waals surface area (Å²) in [4.78, 5) is 0. The van der Waals surface area contributed by atoms with Crippen molar-refractivity contribution >= 4 is 11.8 Å². The van der Waals surface area contributed by atoms with E-state index in [2.05, 4.69) is 55.2 Å². The maximum atomic E-state index is 3.58. The summed E-state index contributed by atoms with van der Waals surface area (Å²) in [5.41, 5.74) is 2.91. The monoisotopic (exact) mass is 235 g/mol. The minimum Gasteiger partial charge on any atom is -0.308 e. The zero-order chi connectivity index (χ0) is 11.4. The van der Waals surface area contributed by atoms with E-state index in [0.717, 1.165) is 6.54 Å². The van der Waals surface area contributed by atoms with E-state index >= 15 is 0 Å². The summed E-state index contributed by atoms with van der Waals surface area (Å²) < 4.78 is 0. The van der Waals surface area contributed by atoms with Crippen molar-refractivity contribution < 1.29 is 0 Å². The minimum atomic E-state index is 0.560. The molecule has 1 aliphatic rings. The maximum Gasteiger partial charge on any atom is 0.0412 e. The Labute approximate surface area is 103 Å². The van der Waals surface area contributed by atoms with Crippen LogP contribution in [-0.2, 0) is 0 Å². The summed E-state index contributed by atoms with van der Waals surface area (Å²) in [6, 6.07) is 9.75. The van der Waals surface area contributed by atoms with Crippen LogP contribution in [-0.4, -0.2) is 18.1 Å². The van der Waals surface area contributed by atoms with Crippen LogP contribution >= 0.6 is 11.8 Å². The Morgan fingerprint density at radius 3 is 2.69 bits per heavy atom. The van der Waals surface area contributed by atoms with Crippen LogP contribution in [0.4, 0.5) is 0 Å². The topological polar surface area (TPSA) is 12.0 Å². The molecule has 1 aromatic carbocycles. The zero-order valence-corrected chi connectivity index (χ0v) is 11.0. The van der Waals surface area contributed by atoms with Crippen LogP contribution in [0.5, 0.6) is 0 Å². The summed E-state index contributed by atoms with van der Waals surface area (Å²) in [6.07, 6.45) is 1.22. The first-order valence-electron chi connectivity index (χ1n) is 6.22. The summed E-state index contributed by atoms with van der Waals surface area (Å²) >= 11 is 2.05. The summed E-state index contributed by atoms with van der Waals surface area (Å²) in [6.45, 7) is 5.68. The summed E-state index contributed by atoms with van der Waals surface area (Å²) in [7, 11) is 0. The SMILES string of the molecule is CCC(C)c1ccc(C2CSCCN2)cc1. The largest absolute Gasteiger partial charge is 0.308 e. The van der Waals surface area contributed by atoms with Crippen LogP contribution in [0.1, 0.15) is 43.4 Å². The molecule has 2 atom stereocenters. The van der Waals surface area contributed by atoms with Gasteiger partial charge in [-0.25, -0.2) is 0 Å². The van der Waals surface area contributed by atoms with Gasteiger partial charge >= 0.3 is 0 Å². The predicted molar refractivity (Wildman–Crippen MR) is 73.2 cm³/mol. The molecule has 0 amide bonds. The van der Waals surface area contributed by atoms with Crippen molar-refractivity contribution in [1.29, 1.82) is 0 Å². The van der Waals surface area contributed by atoms with Gasteiger partial charge in [0.15, 0.2) is 0 Å². The van der Waals surface area contributed by atoms with Gasteiger partial charge < -0.3 is 5.32 Å². The molecule has 0 bridgehead atoms. The number of benzene rings is 1. The van der Waals surface area contributed by atoms with Crippen molar-refractivity contribution in [2.45, 2.75) is 32.2 Å². The molecule has 1 nitrogen and oxygen atoms in total. The van der Waals surface area contributed by atoms with Crippen LogP contribution in [0.15, 0.2) is 24.3 Å². The highest BCUT2D eigenvalue weighted by molar-refractivity contribution is 7.99. The number of nitrogens with one attached hydrogen (secondary N) is 1. The van der Waals surface area contributed by atoms with E-state index in [1.165, 1.54) is 29.1 Å². The average Bonchev–Trinajstić information content (AvgIpc) is 2.39. The molecule has 1 aromatic rings. The van der Waals surface area contributed by atoms with Gasteiger partial charge in [-0.2, -0.15) is 11.8 Å². The first-order valence-corrected chi connectivity index (χ1v) is 7.37. The van der Waals surface area contributed by atoms with Crippen molar-refractivity contribution in [3.8, 4) is 0 Å². The van der Waals surface area contributed by atoms with Gasteiger partial charge in [0.2, 0.25) is 0 Å².